The maximum absolute atomic E-state index is 14.8. The fourth-order valence-electron chi connectivity index (χ4n) is 8.07. The van der Waals surface area contributed by atoms with E-state index in [-0.39, 0.29) is 31.1 Å². The second-order valence-corrected chi connectivity index (χ2v) is 19.1. The Balaban J connectivity index is 1.31. The van der Waals surface area contributed by atoms with E-state index in [0.29, 0.717) is 37.0 Å². The number of carbonyl (C=O) groups is 5. The van der Waals surface area contributed by atoms with Crippen molar-refractivity contribution in [1.29, 1.82) is 0 Å². The lowest BCUT2D eigenvalue weighted by Crippen LogP contribution is -2.60. The van der Waals surface area contributed by atoms with E-state index >= 15 is 0 Å². The van der Waals surface area contributed by atoms with Crippen molar-refractivity contribution in [3.8, 4) is 17.1 Å². The number of benzene rings is 1. The summed E-state index contributed by atoms with van der Waals surface area (Å²) >= 11 is 0. The van der Waals surface area contributed by atoms with Gasteiger partial charge in [0, 0.05) is 18.5 Å². The van der Waals surface area contributed by atoms with Gasteiger partial charge in [-0.25, -0.2) is 22.0 Å². The average Bonchev–Trinajstić information content (AvgIpc) is 4.09. The summed E-state index contributed by atoms with van der Waals surface area (Å²) in [6.07, 6.45) is 0.145. The number of alkyl halides is 2. The van der Waals surface area contributed by atoms with Crippen LogP contribution in [0.3, 0.4) is 0 Å². The Morgan fingerprint density at radius 2 is 1.66 bits per heavy atom. The Labute approximate surface area is 341 Å². The molecule has 1 aliphatic heterocycles. The summed E-state index contributed by atoms with van der Waals surface area (Å²) in [4.78, 5) is 71.6. The zero-order chi connectivity index (χ0) is 42.9. The number of nitrogens with zero attached hydrogens (tertiary/aromatic N) is 5. The number of amides is 5. The van der Waals surface area contributed by atoms with Gasteiger partial charge < -0.3 is 30.3 Å². The molecular formula is C38H53F2N9O9S. The smallest absolute Gasteiger partial charge is 0.407 e. The normalized spacial score (nSPS) is 24.5. The van der Waals surface area contributed by atoms with Crippen LogP contribution >= 0.6 is 0 Å². The highest BCUT2D eigenvalue weighted by atomic mass is 32.2. The third-order valence-corrected chi connectivity index (χ3v) is 13.3. The highest BCUT2D eigenvalue weighted by Gasteiger charge is 2.67. The van der Waals surface area contributed by atoms with Crippen LogP contribution in [0.2, 0.25) is 0 Å². The Hall–Kier alpha value is -4.95. The van der Waals surface area contributed by atoms with Crippen LogP contribution in [0.4, 0.5) is 13.6 Å². The van der Waals surface area contributed by atoms with Crippen molar-refractivity contribution in [3.63, 3.8) is 0 Å². The topological polar surface area (TPSA) is 233 Å². The van der Waals surface area contributed by atoms with E-state index in [0.717, 1.165) is 19.3 Å². The summed E-state index contributed by atoms with van der Waals surface area (Å²) in [5.74, 6) is -4.64. The monoisotopic (exact) mass is 849 g/mol. The van der Waals surface area contributed by atoms with E-state index in [1.54, 1.807) is 24.3 Å². The molecule has 4 aliphatic rings. The number of methoxy groups -OCH3 is 2. The molecule has 3 aliphatic carbocycles. The SMILES string of the molecule is COC(=O)N[C@H](C(=O)N[C@@H](CC(C)(C)C)C(=O)N1C[C@H](n2nnc(-c3ccc(OC)cc3)n2)CC1C(=O)N[C@]1(C(=O)NS(=O)(=O)C2CC2)C[C@H]1C(F)F)C1CCCCC1. The van der Waals surface area contributed by atoms with Gasteiger partial charge in [0.2, 0.25) is 40.0 Å². The minimum absolute atomic E-state index is 0.0880. The molecule has 2 heterocycles. The Morgan fingerprint density at radius 1 is 0.983 bits per heavy atom. The number of nitrogens with one attached hydrogen (secondary N) is 4. The van der Waals surface area contributed by atoms with Gasteiger partial charge >= 0.3 is 6.09 Å². The average molecular weight is 850 g/mol. The zero-order valence-electron chi connectivity index (χ0n) is 33.8. The first-order chi connectivity index (χ1) is 27.9. The zero-order valence-corrected chi connectivity index (χ0v) is 34.6. The number of rotatable bonds is 15. The van der Waals surface area contributed by atoms with E-state index < -0.39 is 98.9 Å². The van der Waals surface area contributed by atoms with Crippen molar-refractivity contribution in [2.24, 2.45) is 17.3 Å². The largest absolute Gasteiger partial charge is 0.497 e. The van der Waals surface area contributed by atoms with Crippen molar-refractivity contribution in [2.45, 2.75) is 126 Å². The molecule has 1 aromatic carbocycles. The van der Waals surface area contributed by atoms with Gasteiger partial charge in [-0.05, 0) is 79.3 Å². The van der Waals surface area contributed by atoms with Gasteiger partial charge in [0.15, 0.2) is 0 Å². The Bertz CT molecular complexity index is 2000. The van der Waals surface area contributed by atoms with Crippen molar-refractivity contribution in [2.75, 3.05) is 20.8 Å². The van der Waals surface area contributed by atoms with Crippen LogP contribution in [0.5, 0.6) is 5.75 Å². The van der Waals surface area contributed by atoms with Gasteiger partial charge in [0.25, 0.3) is 5.91 Å². The molecule has 4 fully saturated rings. The number of alkyl carbamates (subject to hydrolysis) is 1. The summed E-state index contributed by atoms with van der Waals surface area (Å²) in [5, 5.41) is 20.0. The fourth-order valence-corrected chi connectivity index (χ4v) is 9.44. The quantitative estimate of drug-likeness (QED) is 0.203. The number of sulfonamides is 1. The second kappa shape index (κ2) is 17.3. The first-order valence-electron chi connectivity index (χ1n) is 19.9. The molecule has 6 atom stereocenters. The van der Waals surface area contributed by atoms with E-state index in [1.165, 1.54) is 23.9 Å². The molecule has 0 bridgehead atoms. The molecule has 0 radical (unpaired) electrons. The van der Waals surface area contributed by atoms with E-state index in [1.807, 2.05) is 25.5 Å². The van der Waals surface area contributed by atoms with Gasteiger partial charge in [0.1, 0.15) is 29.4 Å². The van der Waals surface area contributed by atoms with Gasteiger partial charge in [-0.15, -0.1) is 10.2 Å². The van der Waals surface area contributed by atoms with Crippen LogP contribution in [0.15, 0.2) is 24.3 Å². The molecule has 6 rings (SSSR count). The summed E-state index contributed by atoms with van der Waals surface area (Å²) in [5.41, 5.74) is -2.22. The van der Waals surface area contributed by atoms with E-state index in [9.17, 15) is 41.2 Å². The standard InChI is InChI=1S/C38H53F2N9O9S/c1-37(2,3)19-27(41-33(51)29(42-36(54)58-5)21-9-7-6-8-10-21)34(52)48-20-23(49-45-31(44-47-49)22-11-13-24(57-4)14-12-22)17-28(48)32(50)43-38(18-26(38)30(39)40)35(53)46-59(55,56)25-15-16-25/h11-14,21,23,25-30H,6-10,15-20H2,1-5H3,(H,41,51)(H,42,54)(H,43,50)(H,46,53)/t23-,26+,27+,28?,29+,38-/m1/s1. The lowest BCUT2D eigenvalue weighted by Gasteiger charge is -2.35. The maximum atomic E-state index is 14.8. The molecule has 324 valence electrons. The lowest BCUT2D eigenvalue weighted by molar-refractivity contribution is -0.143. The first-order valence-corrected chi connectivity index (χ1v) is 21.5. The van der Waals surface area contributed by atoms with Crippen LogP contribution in [0.1, 0.15) is 91.0 Å². The highest BCUT2D eigenvalue weighted by molar-refractivity contribution is 7.91. The highest BCUT2D eigenvalue weighted by Crippen LogP contribution is 2.48. The van der Waals surface area contributed by atoms with Crippen molar-refractivity contribution in [3.05, 3.63) is 24.3 Å². The van der Waals surface area contributed by atoms with Gasteiger partial charge in [-0.3, -0.25) is 23.9 Å². The molecule has 21 heteroatoms. The third kappa shape index (κ3) is 10.1. The fraction of sp³-hybridized carbons (Fsp3) is 0.684. The number of aromatic nitrogens is 4. The van der Waals surface area contributed by atoms with Crippen LogP contribution < -0.4 is 25.4 Å². The van der Waals surface area contributed by atoms with Crippen molar-refractivity contribution in [1.82, 2.24) is 45.8 Å². The van der Waals surface area contributed by atoms with E-state index in [2.05, 4.69) is 31.4 Å². The second-order valence-electron chi connectivity index (χ2n) is 17.2. The summed E-state index contributed by atoms with van der Waals surface area (Å²) < 4.78 is 65.8. The third-order valence-electron chi connectivity index (χ3n) is 11.5. The number of likely N-dealkylation sites (tertiary alicyclic amines) is 1. The van der Waals surface area contributed by atoms with E-state index in [4.69, 9.17) is 9.47 Å². The van der Waals surface area contributed by atoms with Gasteiger partial charge in [-0.1, -0.05) is 40.0 Å². The molecule has 59 heavy (non-hydrogen) atoms. The molecule has 1 aromatic heterocycles. The van der Waals surface area contributed by atoms with Crippen LogP contribution in [0.25, 0.3) is 11.4 Å². The van der Waals surface area contributed by atoms with Crippen LogP contribution in [0, 0.1) is 17.3 Å². The number of ether oxygens (including phenoxy) is 2. The Kier molecular flexibility index (Phi) is 12.8. The predicted molar refractivity (Wildman–Crippen MR) is 206 cm³/mol. The van der Waals surface area contributed by atoms with Crippen molar-refractivity contribution < 1.29 is 50.6 Å². The van der Waals surface area contributed by atoms with Gasteiger partial charge in [0.05, 0.1) is 31.4 Å². The summed E-state index contributed by atoms with van der Waals surface area (Å²) in [6.45, 7) is 5.39. The molecular weight excluding hydrogens is 797 g/mol. The van der Waals surface area contributed by atoms with Gasteiger partial charge in [-0.2, -0.15) is 4.80 Å². The number of carbonyl (C=O) groups excluding carboxylic acids is 5. The number of tetrazole rings is 1. The first kappa shape index (κ1) is 43.6. The molecule has 3 saturated carbocycles. The minimum Gasteiger partial charge on any atom is -0.497 e. The number of halogens is 2. The molecule has 18 nitrogen and oxygen atoms in total. The summed E-state index contributed by atoms with van der Waals surface area (Å²) in [6, 6.07) is 2.40. The maximum Gasteiger partial charge on any atom is 0.407 e. The Morgan fingerprint density at radius 3 is 2.24 bits per heavy atom. The number of hydrogen-bond acceptors (Lipinski definition) is 12. The summed E-state index contributed by atoms with van der Waals surface area (Å²) in [7, 11) is -1.45. The number of hydrogen-bond donors (Lipinski definition) is 4. The minimum atomic E-state index is -4.16. The molecule has 2 aromatic rings. The molecule has 1 saturated heterocycles. The lowest BCUT2D eigenvalue weighted by atomic mass is 9.83. The van der Waals surface area contributed by atoms with Crippen LogP contribution in [-0.4, -0.2) is 119 Å². The molecule has 0 spiro atoms. The molecule has 4 N–H and O–H groups in total. The van der Waals surface area contributed by atoms with Crippen LogP contribution in [-0.2, 0) is 33.9 Å². The van der Waals surface area contributed by atoms with Crippen molar-refractivity contribution >= 4 is 39.7 Å². The predicted octanol–water partition coefficient (Wildman–Crippen LogP) is 2.47. The molecule has 5 amide bonds. The molecule has 1 unspecified atom stereocenters.